The zero-order valence-corrected chi connectivity index (χ0v) is 18.6. The van der Waals surface area contributed by atoms with E-state index in [-0.39, 0.29) is 28.6 Å². The number of nitrogens with zero attached hydrogens (tertiary/aromatic N) is 1. The Balaban J connectivity index is 1.80. The number of aromatic nitrogens is 1. The van der Waals surface area contributed by atoms with Crippen molar-refractivity contribution in [2.45, 2.75) is 44.6 Å². The summed E-state index contributed by atoms with van der Waals surface area (Å²) in [5, 5.41) is 12.5. The third-order valence-electron chi connectivity index (χ3n) is 6.34. The van der Waals surface area contributed by atoms with Crippen LogP contribution in [0.2, 0.25) is 0 Å². The summed E-state index contributed by atoms with van der Waals surface area (Å²) in [7, 11) is 1.41. The Morgan fingerprint density at radius 3 is 2.61 bits per heavy atom. The summed E-state index contributed by atoms with van der Waals surface area (Å²) in [5.74, 6) is -2.01. The second kappa shape index (κ2) is 9.52. The van der Waals surface area contributed by atoms with E-state index in [0.29, 0.717) is 12.1 Å². The quantitative estimate of drug-likeness (QED) is 0.340. The van der Waals surface area contributed by atoms with E-state index in [2.05, 4.69) is 5.32 Å². The lowest BCUT2D eigenvalue weighted by Crippen LogP contribution is -2.23. The average Bonchev–Trinajstić information content (AvgIpc) is 3.35. The SMILES string of the molecule is COc1c(NCCCc2ccccc2)c(F)c(N)c2c(=O)c(C(=O)O)cn(C3CCCC3)c12. The molecule has 1 heterocycles. The maximum Gasteiger partial charge on any atom is 0.341 e. The van der Waals surface area contributed by atoms with E-state index in [0.717, 1.165) is 38.5 Å². The van der Waals surface area contributed by atoms with Gasteiger partial charge in [-0.25, -0.2) is 9.18 Å². The smallest absolute Gasteiger partial charge is 0.341 e. The van der Waals surface area contributed by atoms with Crippen molar-refractivity contribution in [1.82, 2.24) is 4.57 Å². The lowest BCUT2D eigenvalue weighted by molar-refractivity contribution is 0.0694. The summed E-state index contributed by atoms with van der Waals surface area (Å²) in [6.07, 6.45) is 6.55. The van der Waals surface area contributed by atoms with Gasteiger partial charge in [0.05, 0.1) is 23.7 Å². The number of benzene rings is 2. The molecule has 7 nitrogen and oxygen atoms in total. The number of nitrogen functional groups attached to an aromatic ring is 1. The fraction of sp³-hybridized carbons (Fsp3) is 0.360. The van der Waals surface area contributed by atoms with Crippen LogP contribution < -0.4 is 21.2 Å². The number of aromatic carboxylic acids is 1. The molecule has 0 radical (unpaired) electrons. The maximum atomic E-state index is 15.4. The molecule has 4 N–H and O–H groups in total. The molecule has 0 bridgehead atoms. The van der Waals surface area contributed by atoms with Crippen LogP contribution in [0.4, 0.5) is 15.8 Å². The van der Waals surface area contributed by atoms with Crippen LogP contribution in [0.3, 0.4) is 0 Å². The minimum Gasteiger partial charge on any atom is -0.492 e. The number of methoxy groups -OCH3 is 1. The summed E-state index contributed by atoms with van der Waals surface area (Å²) < 4.78 is 22.7. The maximum absolute atomic E-state index is 15.4. The fourth-order valence-electron chi connectivity index (χ4n) is 4.71. The molecule has 1 aromatic heterocycles. The lowest BCUT2D eigenvalue weighted by atomic mass is 10.0. The summed E-state index contributed by atoms with van der Waals surface area (Å²) in [4.78, 5) is 24.7. The number of pyridine rings is 1. The van der Waals surface area contributed by atoms with Crippen molar-refractivity contribution in [3.05, 3.63) is 63.7 Å². The predicted molar refractivity (Wildman–Crippen MR) is 127 cm³/mol. The monoisotopic (exact) mass is 453 g/mol. The Kier molecular flexibility index (Phi) is 6.53. The molecule has 0 spiro atoms. The number of nitrogens with one attached hydrogen (secondary N) is 1. The molecular weight excluding hydrogens is 425 g/mol. The Morgan fingerprint density at radius 1 is 1.27 bits per heavy atom. The second-order valence-corrected chi connectivity index (χ2v) is 8.40. The number of anilines is 2. The number of carboxylic acids is 1. The van der Waals surface area contributed by atoms with E-state index < -0.39 is 22.8 Å². The van der Waals surface area contributed by atoms with Gasteiger partial charge >= 0.3 is 5.97 Å². The minimum atomic E-state index is -1.37. The third-order valence-corrected chi connectivity index (χ3v) is 6.34. The Morgan fingerprint density at radius 2 is 1.97 bits per heavy atom. The molecule has 8 heteroatoms. The van der Waals surface area contributed by atoms with E-state index >= 15 is 4.39 Å². The average molecular weight is 454 g/mol. The molecule has 2 aromatic carbocycles. The third kappa shape index (κ3) is 4.25. The first-order chi connectivity index (χ1) is 15.9. The topological polar surface area (TPSA) is 107 Å². The number of halogens is 1. The van der Waals surface area contributed by atoms with Crippen LogP contribution in [0, 0.1) is 5.82 Å². The van der Waals surface area contributed by atoms with Gasteiger partial charge in [-0.2, -0.15) is 0 Å². The van der Waals surface area contributed by atoms with Gasteiger partial charge < -0.3 is 25.5 Å². The zero-order chi connectivity index (χ0) is 23.5. The molecule has 33 heavy (non-hydrogen) atoms. The molecule has 1 aliphatic rings. The van der Waals surface area contributed by atoms with Crippen LogP contribution in [0.1, 0.15) is 54.1 Å². The highest BCUT2D eigenvalue weighted by molar-refractivity contribution is 6.03. The van der Waals surface area contributed by atoms with Crippen molar-refractivity contribution in [3.63, 3.8) is 0 Å². The van der Waals surface area contributed by atoms with Crippen LogP contribution in [-0.2, 0) is 6.42 Å². The molecule has 1 saturated carbocycles. The highest BCUT2D eigenvalue weighted by Gasteiger charge is 2.29. The van der Waals surface area contributed by atoms with Crippen LogP contribution in [-0.4, -0.2) is 29.3 Å². The molecule has 0 saturated heterocycles. The normalized spacial score (nSPS) is 14.0. The molecule has 1 aliphatic carbocycles. The first kappa shape index (κ1) is 22.6. The summed E-state index contributed by atoms with van der Waals surface area (Å²) >= 11 is 0. The molecule has 0 atom stereocenters. The van der Waals surface area contributed by atoms with Gasteiger partial charge in [-0.3, -0.25) is 4.79 Å². The van der Waals surface area contributed by atoms with Gasteiger partial charge in [0.1, 0.15) is 11.3 Å². The summed E-state index contributed by atoms with van der Waals surface area (Å²) in [6.45, 7) is 0.466. The lowest BCUT2D eigenvalue weighted by Gasteiger charge is -2.23. The Hall–Kier alpha value is -3.55. The van der Waals surface area contributed by atoms with Gasteiger partial charge in [0.25, 0.3) is 0 Å². The molecule has 1 fully saturated rings. The molecular formula is C25H28FN3O4. The van der Waals surface area contributed by atoms with Crippen LogP contribution >= 0.6 is 0 Å². The van der Waals surface area contributed by atoms with Gasteiger partial charge in [0, 0.05) is 18.8 Å². The van der Waals surface area contributed by atoms with Crippen molar-refractivity contribution < 1.29 is 19.0 Å². The summed E-state index contributed by atoms with van der Waals surface area (Å²) in [5.41, 5.74) is 6.11. The fourth-order valence-corrected chi connectivity index (χ4v) is 4.71. The molecule has 0 unspecified atom stereocenters. The standard InChI is InChI=1S/C25H28FN3O4/c1-33-24-21(28-13-7-10-15-8-3-2-4-9-15)19(26)20(27)18-22(24)29(16-11-5-6-12-16)14-17(23(18)30)25(31)32/h2-4,8-9,14,16,28H,5-7,10-13,27H2,1H3,(H,31,32). The van der Waals surface area contributed by atoms with E-state index in [9.17, 15) is 14.7 Å². The summed E-state index contributed by atoms with van der Waals surface area (Å²) in [6, 6.07) is 9.97. The van der Waals surface area contributed by atoms with E-state index in [1.165, 1.54) is 18.9 Å². The highest BCUT2D eigenvalue weighted by atomic mass is 19.1. The first-order valence-corrected chi connectivity index (χ1v) is 11.2. The van der Waals surface area contributed by atoms with E-state index in [1.807, 2.05) is 30.3 Å². The number of rotatable bonds is 8. The number of ether oxygens (including phenoxy) is 1. The number of hydrogen-bond donors (Lipinski definition) is 3. The molecule has 3 aromatic rings. The second-order valence-electron chi connectivity index (χ2n) is 8.40. The highest BCUT2D eigenvalue weighted by Crippen LogP contribution is 2.42. The van der Waals surface area contributed by atoms with Crippen molar-refractivity contribution in [1.29, 1.82) is 0 Å². The predicted octanol–water partition coefficient (Wildman–Crippen LogP) is 4.59. The van der Waals surface area contributed by atoms with Gasteiger partial charge in [-0.05, 0) is 31.2 Å². The van der Waals surface area contributed by atoms with Crippen LogP contribution in [0.5, 0.6) is 5.75 Å². The largest absolute Gasteiger partial charge is 0.492 e. The number of aryl methyl sites for hydroxylation is 1. The molecule has 174 valence electrons. The number of hydrogen-bond acceptors (Lipinski definition) is 5. The van der Waals surface area contributed by atoms with E-state index in [1.54, 1.807) is 4.57 Å². The van der Waals surface area contributed by atoms with Crippen molar-refractivity contribution >= 4 is 28.2 Å². The number of carboxylic acid groups (broad SMARTS) is 1. The molecule has 0 aliphatic heterocycles. The molecule has 0 amide bonds. The van der Waals surface area contributed by atoms with Gasteiger partial charge in [0.15, 0.2) is 11.6 Å². The van der Waals surface area contributed by atoms with Crippen LogP contribution in [0.15, 0.2) is 41.3 Å². The number of carbonyl (C=O) groups is 1. The Labute approximate surface area is 191 Å². The van der Waals surface area contributed by atoms with Gasteiger partial charge in [-0.15, -0.1) is 0 Å². The number of nitrogens with two attached hydrogens (primary N) is 1. The van der Waals surface area contributed by atoms with E-state index in [4.69, 9.17) is 10.5 Å². The zero-order valence-electron chi connectivity index (χ0n) is 18.6. The van der Waals surface area contributed by atoms with Gasteiger partial charge in [-0.1, -0.05) is 43.2 Å². The Bertz CT molecular complexity index is 1230. The van der Waals surface area contributed by atoms with Crippen molar-refractivity contribution in [2.24, 2.45) is 0 Å². The first-order valence-electron chi connectivity index (χ1n) is 11.2. The minimum absolute atomic E-state index is 0.0177. The number of fused-ring (bicyclic) bond motifs is 1. The van der Waals surface area contributed by atoms with Gasteiger partial charge in [0.2, 0.25) is 5.43 Å². The van der Waals surface area contributed by atoms with Crippen molar-refractivity contribution in [2.75, 3.05) is 24.7 Å². The van der Waals surface area contributed by atoms with Crippen molar-refractivity contribution in [3.8, 4) is 5.75 Å². The van der Waals surface area contributed by atoms with Crippen LogP contribution in [0.25, 0.3) is 10.9 Å². The molecule has 4 rings (SSSR count).